The van der Waals surface area contributed by atoms with E-state index in [9.17, 15) is 29.6 Å². The Hall–Kier alpha value is -3.38. The molecule has 12 heteroatoms. The minimum absolute atomic E-state index is 0.103. The number of nitro benzene ring substituents is 1. The number of hydrogen-bond donors (Lipinski definition) is 3. The molecule has 0 bridgehead atoms. The second-order valence-electron chi connectivity index (χ2n) is 6.28. The molecule has 1 heterocycles. The van der Waals surface area contributed by atoms with E-state index in [2.05, 4.69) is 17.2 Å². The van der Waals surface area contributed by atoms with Crippen LogP contribution in [0.2, 0.25) is 0 Å². The number of non-ortho nitro benzene ring substituents is 1. The monoisotopic (exact) mass is 437 g/mol. The average molecular weight is 437 g/mol. The van der Waals surface area contributed by atoms with E-state index in [1.54, 1.807) is 0 Å². The van der Waals surface area contributed by atoms with Gasteiger partial charge in [0.25, 0.3) is 5.69 Å². The lowest BCUT2D eigenvalue weighted by molar-refractivity contribution is -0.384. The molecule has 0 radical (unpaired) electrons. The van der Waals surface area contributed by atoms with Crippen molar-refractivity contribution >= 4 is 46.7 Å². The fourth-order valence-corrected chi connectivity index (χ4v) is 3.29. The first kappa shape index (κ1) is 22.9. The molecule has 0 aliphatic carbocycles. The highest BCUT2D eigenvalue weighted by Crippen LogP contribution is 2.27. The molecule has 1 fully saturated rings. The van der Waals surface area contributed by atoms with E-state index in [4.69, 9.17) is 21.7 Å². The number of rotatable bonds is 8. The molecule has 30 heavy (non-hydrogen) atoms. The maximum Gasteiger partial charge on any atom is 0.514 e. The van der Waals surface area contributed by atoms with Gasteiger partial charge in [-0.3, -0.25) is 14.9 Å². The third kappa shape index (κ3) is 5.81. The number of carbonyl (C=O) groups is 3. The molecule has 1 amide bonds. The highest BCUT2D eigenvalue weighted by Gasteiger charge is 2.37. The summed E-state index contributed by atoms with van der Waals surface area (Å²) in [5.74, 6) is -3.54. The van der Waals surface area contributed by atoms with Crippen LogP contribution >= 0.6 is 12.2 Å². The number of nitro groups is 1. The molecule has 1 aromatic carbocycles. The summed E-state index contributed by atoms with van der Waals surface area (Å²) in [6.07, 6.45) is 0.803. The summed E-state index contributed by atoms with van der Waals surface area (Å²) in [5, 5.41) is 25.4. The predicted molar refractivity (Wildman–Crippen MR) is 108 cm³/mol. The third-order valence-electron chi connectivity index (χ3n) is 4.31. The maximum atomic E-state index is 12.9. The number of thiocarbonyl (C=S) groups is 1. The number of nitrogens with zero attached hydrogens (tertiary/aromatic N) is 1. The van der Waals surface area contributed by atoms with Crippen LogP contribution in [0, 0.1) is 22.0 Å². The van der Waals surface area contributed by atoms with E-state index in [0.29, 0.717) is 19.5 Å². The van der Waals surface area contributed by atoms with Crippen LogP contribution in [-0.2, 0) is 14.3 Å². The zero-order valence-corrected chi connectivity index (χ0v) is 16.5. The third-order valence-corrected chi connectivity index (χ3v) is 4.65. The van der Waals surface area contributed by atoms with Gasteiger partial charge in [-0.1, -0.05) is 12.7 Å². The van der Waals surface area contributed by atoms with Crippen molar-refractivity contribution in [3.63, 3.8) is 0 Å². The second-order valence-corrected chi connectivity index (χ2v) is 6.69. The molecule has 1 saturated heterocycles. The summed E-state index contributed by atoms with van der Waals surface area (Å²) in [6.45, 7) is 4.34. The molecule has 0 unspecified atom stereocenters. The Morgan fingerprint density at radius 3 is 2.77 bits per heavy atom. The van der Waals surface area contributed by atoms with Gasteiger partial charge in [0, 0.05) is 12.1 Å². The van der Waals surface area contributed by atoms with Gasteiger partial charge in [-0.15, -0.1) is 0 Å². The number of carbonyl (C=O) groups excluding carboxylic acids is 2. The fraction of sp³-hybridized carbons (Fsp3) is 0.333. The van der Waals surface area contributed by atoms with Gasteiger partial charge >= 0.3 is 12.1 Å². The summed E-state index contributed by atoms with van der Waals surface area (Å²) in [6, 6.07) is 3.02. The predicted octanol–water partition coefficient (Wildman–Crippen LogP) is 2.12. The molecule has 1 aliphatic heterocycles. The van der Waals surface area contributed by atoms with Crippen LogP contribution in [0.3, 0.4) is 0 Å². The van der Waals surface area contributed by atoms with E-state index < -0.39 is 40.1 Å². The SMILES string of the molecule is C=CCOC(=O)OC(=S)[C@H](C(=O)Nc1ccc([N+](=O)[O-])cc1C(=O)O)[C@@H]1CCNC1. The van der Waals surface area contributed by atoms with Crippen molar-refractivity contribution in [3.05, 3.63) is 46.5 Å². The van der Waals surface area contributed by atoms with Crippen LogP contribution in [0.5, 0.6) is 0 Å². The van der Waals surface area contributed by atoms with Crippen molar-refractivity contribution in [2.24, 2.45) is 11.8 Å². The molecule has 0 saturated carbocycles. The number of ether oxygens (including phenoxy) is 2. The van der Waals surface area contributed by atoms with Gasteiger partial charge in [-0.05, 0) is 43.7 Å². The average Bonchev–Trinajstić information content (AvgIpc) is 3.20. The second kappa shape index (κ2) is 10.4. The smallest absolute Gasteiger partial charge is 0.478 e. The highest BCUT2D eigenvalue weighted by molar-refractivity contribution is 7.80. The van der Waals surface area contributed by atoms with Crippen molar-refractivity contribution in [2.45, 2.75) is 6.42 Å². The van der Waals surface area contributed by atoms with E-state index in [1.807, 2.05) is 0 Å². The summed E-state index contributed by atoms with van der Waals surface area (Å²) in [7, 11) is 0. The largest absolute Gasteiger partial charge is 0.514 e. The standard InChI is InChI=1S/C18H19N3O8S/c1-2-7-28-18(25)29-17(30)14(10-5-6-19-9-10)15(22)20-13-4-3-11(21(26)27)8-12(13)16(23)24/h2-4,8,10,14,19H,1,5-7,9H2,(H,20,22)(H,23,24)/t10-,14+/m1/s1. The Morgan fingerprint density at radius 2 is 2.20 bits per heavy atom. The highest BCUT2D eigenvalue weighted by atomic mass is 32.1. The minimum Gasteiger partial charge on any atom is -0.478 e. The Balaban J connectivity index is 2.25. The number of carboxylic acids is 1. The number of aromatic carboxylic acids is 1. The Labute approximate surface area is 176 Å². The van der Waals surface area contributed by atoms with Gasteiger partial charge in [0.05, 0.1) is 16.2 Å². The number of benzene rings is 1. The topological polar surface area (TPSA) is 157 Å². The lowest BCUT2D eigenvalue weighted by atomic mass is 9.91. The lowest BCUT2D eigenvalue weighted by Gasteiger charge is -2.22. The Morgan fingerprint density at radius 1 is 1.47 bits per heavy atom. The molecular formula is C18H19N3O8S. The molecule has 0 spiro atoms. The van der Waals surface area contributed by atoms with Crippen molar-refractivity contribution in [3.8, 4) is 0 Å². The molecular weight excluding hydrogens is 418 g/mol. The Kier molecular flexibility index (Phi) is 7.95. The quantitative estimate of drug-likeness (QED) is 0.181. The van der Waals surface area contributed by atoms with Gasteiger partial charge < -0.3 is 25.2 Å². The molecule has 0 aromatic heterocycles. The number of anilines is 1. The van der Waals surface area contributed by atoms with Gasteiger partial charge in [0.15, 0.2) is 5.05 Å². The maximum absolute atomic E-state index is 12.9. The summed E-state index contributed by atoms with van der Waals surface area (Å²) in [5.41, 5.74) is -1.05. The van der Waals surface area contributed by atoms with Crippen LogP contribution in [0.1, 0.15) is 16.8 Å². The molecule has 1 aromatic rings. The fourth-order valence-electron chi connectivity index (χ4n) is 2.92. The summed E-state index contributed by atoms with van der Waals surface area (Å²) < 4.78 is 9.65. The number of hydrogen-bond acceptors (Lipinski definition) is 9. The van der Waals surface area contributed by atoms with Gasteiger partial charge in [0.2, 0.25) is 5.91 Å². The van der Waals surface area contributed by atoms with E-state index in [-0.39, 0.29) is 23.3 Å². The zero-order chi connectivity index (χ0) is 22.3. The molecule has 2 atom stereocenters. The minimum atomic E-state index is -1.46. The van der Waals surface area contributed by atoms with Crippen molar-refractivity contribution < 1.29 is 33.9 Å². The molecule has 3 N–H and O–H groups in total. The van der Waals surface area contributed by atoms with Crippen molar-refractivity contribution in [2.75, 3.05) is 25.0 Å². The molecule has 11 nitrogen and oxygen atoms in total. The number of amides is 1. The summed E-state index contributed by atoms with van der Waals surface area (Å²) >= 11 is 5.13. The van der Waals surface area contributed by atoms with Crippen LogP contribution in [0.15, 0.2) is 30.9 Å². The van der Waals surface area contributed by atoms with E-state index >= 15 is 0 Å². The lowest BCUT2D eigenvalue weighted by Crippen LogP contribution is -2.38. The first-order valence-electron chi connectivity index (χ1n) is 8.77. The number of nitrogens with one attached hydrogen (secondary N) is 2. The molecule has 1 aliphatic rings. The van der Waals surface area contributed by atoms with Crippen molar-refractivity contribution in [1.29, 1.82) is 0 Å². The normalized spacial score (nSPS) is 16.2. The van der Waals surface area contributed by atoms with Crippen LogP contribution in [-0.4, -0.2) is 52.8 Å². The van der Waals surface area contributed by atoms with Crippen LogP contribution < -0.4 is 10.6 Å². The van der Waals surface area contributed by atoms with Crippen LogP contribution in [0.25, 0.3) is 0 Å². The zero-order valence-electron chi connectivity index (χ0n) is 15.7. The van der Waals surface area contributed by atoms with Gasteiger partial charge in [0.1, 0.15) is 12.5 Å². The first-order chi connectivity index (χ1) is 14.2. The first-order valence-corrected chi connectivity index (χ1v) is 9.18. The van der Waals surface area contributed by atoms with Crippen LogP contribution in [0.4, 0.5) is 16.2 Å². The Bertz CT molecular complexity index is 882. The molecule has 2 rings (SSSR count). The number of carboxylic acid groups (broad SMARTS) is 1. The van der Waals surface area contributed by atoms with E-state index in [1.165, 1.54) is 6.08 Å². The van der Waals surface area contributed by atoms with Gasteiger partial charge in [-0.25, -0.2) is 9.59 Å². The summed E-state index contributed by atoms with van der Waals surface area (Å²) in [4.78, 5) is 46.2. The van der Waals surface area contributed by atoms with Gasteiger partial charge in [-0.2, -0.15) is 0 Å². The molecule has 160 valence electrons. The van der Waals surface area contributed by atoms with E-state index in [0.717, 1.165) is 18.2 Å². The van der Waals surface area contributed by atoms with Crippen molar-refractivity contribution in [1.82, 2.24) is 5.32 Å².